The second kappa shape index (κ2) is 4.99. The Morgan fingerprint density at radius 3 is 2.64 bits per heavy atom. The van der Waals surface area contributed by atoms with Crippen LogP contribution in [0.3, 0.4) is 0 Å². The maximum absolute atomic E-state index is 11.3. The number of nitrogens with one attached hydrogen (secondary N) is 2. The van der Waals surface area contributed by atoms with E-state index >= 15 is 0 Å². The van der Waals surface area contributed by atoms with Gasteiger partial charge in [-0.1, -0.05) is 0 Å². The first-order valence-electron chi connectivity index (χ1n) is 6.51. The zero-order valence-corrected chi connectivity index (χ0v) is 12.0. The van der Waals surface area contributed by atoms with Crippen LogP contribution in [-0.4, -0.2) is 34.0 Å². The molecule has 0 bridgehead atoms. The van der Waals surface area contributed by atoms with Crippen LogP contribution in [0.2, 0.25) is 0 Å². The Hall–Kier alpha value is -3.16. The standard InChI is InChI=1S/C14H13N5O3/c1-18(2)11-7-8(19(21)22)3-4-9(11)13-15-10-5-6-12(20)16-14(10)17-13/h3-7H,1-2H3,(H2,15,16,17,20). The first-order valence-corrected chi connectivity index (χ1v) is 6.51. The van der Waals surface area contributed by atoms with E-state index in [1.165, 1.54) is 18.2 Å². The number of hydrogen-bond donors (Lipinski definition) is 2. The van der Waals surface area contributed by atoms with Gasteiger partial charge in [0.2, 0.25) is 5.56 Å². The fourth-order valence-corrected chi connectivity index (χ4v) is 2.25. The van der Waals surface area contributed by atoms with E-state index in [0.29, 0.717) is 28.2 Å². The van der Waals surface area contributed by atoms with Crippen molar-refractivity contribution in [1.82, 2.24) is 15.0 Å². The van der Waals surface area contributed by atoms with Crippen molar-refractivity contribution in [2.24, 2.45) is 0 Å². The summed E-state index contributed by atoms with van der Waals surface area (Å²) in [5, 5.41) is 10.9. The van der Waals surface area contributed by atoms with Gasteiger partial charge in [-0.3, -0.25) is 14.9 Å². The number of fused-ring (bicyclic) bond motifs is 1. The molecule has 0 saturated carbocycles. The predicted molar refractivity (Wildman–Crippen MR) is 83.1 cm³/mol. The number of H-pyrrole nitrogens is 2. The summed E-state index contributed by atoms with van der Waals surface area (Å²) in [5.74, 6) is 0.537. The molecule has 2 aromatic heterocycles. The highest BCUT2D eigenvalue weighted by atomic mass is 16.6. The van der Waals surface area contributed by atoms with Crippen LogP contribution in [0.25, 0.3) is 22.6 Å². The third kappa shape index (κ3) is 2.30. The number of nitrogens with zero attached hydrogens (tertiary/aromatic N) is 3. The lowest BCUT2D eigenvalue weighted by Gasteiger charge is -2.15. The molecular formula is C14H13N5O3. The molecule has 0 unspecified atom stereocenters. The summed E-state index contributed by atoms with van der Waals surface area (Å²) in [4.78, 5) is 33.7. The Balaban J connectivity index is 2.20. The second-order valence-corrected chi connectivity index (χ2v) is 5.02. The van der Waals surface area contributed by atoms with Crippen LogP contribution in [0, 0.1) is 10.1 Å². The van der Waals surface area contributed by atoms with E-state index < -0.39 is 4.92 Å². The Morgan fingerprint density at radius 2 is 1.95 bits per heavy atom. The van der Waals surface area contributed by atoms with Crippen molar-refractivity contribution >= 4 is 22.5 Å². The van der Waals surface area contributed by atoms with Crippen LogP contribution in [-0.2, 0) is 0 Å². The first-order chi connectivity index (χ1) is 10.5. The summed E-state index contributed by atoms with van der Waals surface area (Å²) in [5.41, 5.74) is 2.30. The van der Waals surface area contributed by atoms with Crippen molar-refractivity contribution in [1.29, 1.82) is 0 Å². The Kier molecular flexibility index (Phi) is 3.13. The molecule has 0 atom stereocenters. The van der Waals surface area contributed by atoms with Gasteiger partial charge in [0.25, 0.3) is 5.69 Å². The number of non-ortho nitro benzene ring substituents is 1. The maximum atomic E-state index is 11.3. The third-order valence-corrected chi connectivity index (χ3v) is 3.30. The van der Waals surface area contributed by atoms with Crippen molar-refractivity contribution < 1.29 is 4.92 Å². The largest absolute Gasteiger partial charge is 0.377 e. The van der Waals surface area contributed by atoms with Crippen molar-refractivity contribution in [3.05, 3.63) is 50.8 Å². The number of nitro groups is 1. The summed E-state index contributed by atoms with van der Waals surface area (Å²) in [6, 6.07) is 7.62. The minimum absolute atomic E-state index is 0.0111. The average molecular weight is 299 g/mol. The lowest BCUT2D eigenvalue weighted by atomic mass is 10.1. The number of rotatable bonds is 3. The Labute approximate surface area is 124 Å². The molecule has 0 fully saturated rings. The van der Waals surface area contributed by atoms with Gasteiger partial charge in [-0.15, -0.1) is 0 Å². The maximum Gasteiger partial charge on any atom is 0.271 e. The number of hydrogen-bond acceptors (Lipinski definition) is 5. The lowest BCUT2D eigenvalue weighted by Crippen LogP contribution is -2.10. The van der Waals surface area contributed by atoms with Crippen LogP contribution in [0.1, 0.15) is 0 Å². The molecule has 0 amide bonds. The zero-order chi connectivity index (χ0) is 15.9. The fraction of sp³-hybridized carbons (Fsp3) is 0.143. The molecule has 8 heteroatoms. The van der Waals surface area contributed by atoms with Crippen molar-refractivity contribution in [3.63, 3.8) is 0 Å². The third-order valence-electron chi connectivity index (χ3n) is 3.30. The van der Waals surface area contributed by atoms with E-state index in [1.54, 1.807) is 31.1 Å². The van der Waals surface area contributed by atoms with Gasteiger partial charge >= 0.3 is 0 Å². The number of aromatic amines is 2. The van der Waals surface area contributed by atoms with E-state index in [1.807, 2.05) is 0 Å². The predicted octanol–water partition coefficient (Wildman–Crippen LogP) is 1.89. The molecule has 3 aromatic rings. The van der Waals surface area contributed by atoms with E-state index in [2.05, 4.69) is 15.0 Å². The van der Waals surface area contributed by atoms with Gasteiger partial charge in [-0.05, 0) is 12.1 Å². The van der Waals surface area contributed by atoms with Crippen LogP contribution < -0.4 is 10.5 Å². The molecule has 2 N–H and O–H groups in total. The smallest absolute Gasteiger partial charge is 0.271 e. The molecule has 8 nitrogen and oxygen atoms in total. The molecule has 112 valence electrons. The average Bonchev–Trinajstić information content (AvgIpc) is 2.89. The minimum Gasteiger partial charge on any atom is -0.377 e. The summed E-state index contributed by atoms with van der Waals surface area (Å²) >= 11 is 0. The van der Waals surface area contributed by atoms with E-state index in [-0.39, 0.29) is 11.2 Å². The van der Waals surface area contributed by atoms with Gasteiger partial charge in [0.05, 0.1) is 16.1 Å². The number of imidazole rings is 1. The van der Waals surface area contributed by atoms with Crippen molar-refractivity contribution in [2.75, 3.05) is 19.0 Å². The number of aromatic nitrogens is 3. The molecule has 22 heavy (non-hydrogen) atoms. The number of pyridine rings is 1. The lowest BCUT2D eigenvalue weighted by molar-refractivity contribution is -0.384. The summed E-state index contributed by atoms with van der Waals surface area (Å²) < 4.78 is 0. The summed E-state index contributed by atoms with van der Waals surface area (Å²) in [7, 11) is 3.60. The molecule has 0 aliphatic heterocycles. The number of benzene rings is 1. The highest BCUT2D eigenvalue weighted by molar-refractivity contribution is 5.82. The highest BCUT2D eigenvalue weighted by Crippen LogP contribution is 2.32. The molecule has 0 aliphatic rings. The second-order valence-electron chi connectivity index (χ2n) is 5.02. The zero-order valence-electron chi connectivity index (χ0n) is 12.0. The van der Waals surface area contributed by atoms with E-state index in [9.17, 15) is 14.9 Å². The Morgan fingerprint density at radius 1 is 1.18 bits per heavy atom. The van der Waals surface area contributed by atoms with Crippen LogP contribution in [0.15, 0.2) is 35.1 Å². The highest BCUT2D eigenvalue weighted by Gasteiger charge is 2.16. The van der Waals surface area contributed by atoms with Gasteiger partial charge in [-0.2, -0.15) is 0 Å². The fourth-order valence-electron chi connectivity index (χ4n) is 2.25. The van der Waals surface area contributed by atoms with Crippen LogP contribution in [0.4, 0.5) is 11.4 Å². The van der Waals surface area contributed by atoms with Crippen LogP contribution in [0.5, 0.6) is 0 Å². The van der Waals surface area contributed by atoms with E-state index in [4.69, 9.17) is 0 Å². The monoisotopic (exact) mass is 299 g/mol. The molecule has 1 aromatic carbocycles. The summed E-state index contributed by atoms with van der Waals surface area (Å²) in [6.45, 7) is 0. The topological polar surface area (TPSA) is 108 Å². The molecule has 0 radical (unpaired) electrons. The van der Waals surface area contributed by atoms with E-state index in [0.717, 1.165) is 0 Å². The Bertz CT molecular complexity index is 926. The molecule has 2 heterocycles. The molecule has 3 rings (SSSR count). The molecule has 0 spiro atoms. The van der Waals surface area contributed by atoms with Gasteiger partial charge in [0.1, 0.15) is 5.82 Å². The quantitative estimate of drug-likeness (QED) is 0.567. The van der Waals surface area contributed by atoms with Gasteiger partial charge in [0, 0.05) is 37.9 Å². The van der Waals surface area contributed by atoms with Crippen LogP contribution >= 0.6 is 0 Å². The van der Waals surface area contributed by atoms with Gasteiger partial charge < -0.3 is 14.9 Å². The van der Waals surface area contributed by atoms with Gasteiger partial charge in [-0.25, -0.2) is 4.98 Å². The minimum atomic E-state index is -0.438. The number of nitro benzene ring substituents is 1. The molecule has 0 aliphatic carbocycles. The van der Waals surface area contributed by atoms with Crippen molar-refractivity contribution in [3.8, 4) is 11.4 Å². The van der Waals surface area contributed by atoms with Gasteiger partial charge in [0.15, 0.2) is 5.65 Å². The molecule has 0 saturated heterocycles. The van der Waals surface area contributed by atoms with Crippen molar-refractivity contribution in [2.45, 2.75) is 0 Å². The first kappa shape index (κ1) is 13.8. The summed E-state index contributed by atoms with van der Waals surface area (Å²) in [6.07, 6.45) is 0. The number of anilines is 1. The normalized spacial score (nSPS) is 10.8. The molecular weight excluding hydrogens is 286 g/mol. The SMILES string of the molecule is CN(C)c1cc([N+](=O)[O-])ccc1-c1nc2[nH]c(=O)ccc2[nH]1.